The van der Waals surface area contributed by atoms with Gasteiger partial charge in [-0.3, -0.25) is 4.79 Å². The number of hydrogen-bond acceptors (Lipinski definition) is 5. The number of ketones is 1. The van der Waals surface area contributed by atoms with E-state index in [1.807, 2.05) is 12.1 Å². The second-order valence-electron chi connectivity index (χ2n) is 4.71. The Hall–Kier alpha value is -2.40. The van der Waals surface area contributed by atoms with Gasteiger partial charge in [0.25, 0.3) is 0 Å². The van der Waals surface area contributed by atoms with Gasteiger partial charge in [0.1, 0.15) is 28.6 Å². The number of hydrogen-bond donors (Lipinski definition) is 1. The highest BCUT2D eigenvalue weighted by Crippen LogP contribution is 2.40. The summed E-state index contributed by atoms with van der Waals surface area (Å²) >= 11 is 4.90. The van der Waals surface area contributed by atoms with Crippen LogP contribution in [0.4, 0.5) is 0 Å². The highest BCUT2D eigenvalue weighted by atomic mass is 32.1. The molecular formula is C16H12O4S. The molecule has 0 saturated carbocycles. The summed E-state index contributed by atoms with van der Waals surface area (Å²) in [6, 6.07) is 8.40. The molecule has 4 nitrogen and oxygen atoms in total. The monoisotopic (exact) mass is 300 g/mol. The van der Waals surface area contributed by atoms with Gasteiger partial charge in [-0.1, -0.05) is 18.3 Å². The molecule has 0 bridgehead atoms. The van der Waals surface area contributed by atoms with Gasteiger partial charge < -0.3 is 14.6 Å². The third-order valence-corrected chi connectivity index (χ3v) is 3.63. The van der Waals surface area contributed by atoms with Gasteiger partial charge in [0.15, 0.2) is 5.78 Å². The fraction of sp³-hybridized carbons (Fsp3) is 0.125. The minimum atomic E-state index is -0.203. The molecular weight excluding hydrogens is 288 g/mol. The van der Waals surface area contributed by atoms with Crippen molar-refractivity contribution in [1.82, 2.24) is 0 Å². The van der Waals surface area contributed by atoms with Crippen LogP contribution in [0.5, 0.6) is 23.0 Å². The lowest BCUT2D eigenvalue weighted by Crippen LogP contribution is -2.02. The minimum absolute atomic E-state index is 0.141. The van der Waals surface area contributed by atoms with E-state index in [1.54, 1.807) is 17.5 Å². The maximum atomic E-state index is 12.4. The number of phenolic OH excluding ortho intramolecular Hbond substituents is 1. The molecule has 0 aliphatic carbocycles. The molecule has 0 radical (unpaired) electrons. The molecule has 0 unspecified atom stereocenters. The van der Waals surface area contributed by atoms with E-state index in [2.05, 4.69) is 0 Å². The first-order valence-corrected chi connectivity index (χ1v) is 6.79. The molecule has 1 heterocycles. The van der Waals surface area contributed by atoms with Crippen molar-refractivity contribution in [2.24, 2.45) is 0 Å². The van der Waals surface area contributed by atoms with Crippen LogP contribution in [0.25, 0.3) is 0 Å². The quantitative estimate of drug-likeness (QED) is 0.863. The predicted molar refractivity (Wildman–Crippen MR) is 82.0 cm³/mol. The smallest absolute Gasteiger partial charge is 0.174 e. The standard InChI is InChI=1S/C16H12O4S/c1-19-11-6-13(18)16-12(17)5-10-4-9(8-21)2-3-14(10)20-15(16)7-11/h2-4,6-8,18H,5H2,1H3. The van der Waals surface area contributed by atoms with Crippen LogP contribution >= 0.6 is 12.2 Å². The fourth-order valence-electron chi connectivity index (χ4n) is 2.35. The first-order valence-electron chi connectivity index (χ1n) is 6.32. The number of fused-ring (bicyclic) bond motifs is 2. The van der Waals surface area contributed by atoms with E-state index in [4.69, 9.17) is 21.7 Å². The van der Waals surface area contributed by atoms with Crippen molar-refractivity contribution < 1.29 is 19.4 Å². The average Bonchev–Trinajstić information content (AvgIpc) is 2.61. The predicted octanol–water partition coefficient (Wildman–Crippen LogP) is 3.28. The van der Waals surface area contributed by atoms with Gasteiger partial charge in [-0.15, -0.1) is 0 Å². The van der Waals surface area contributed by atoms with E-state index < -0.39 is 0 Å². The Bertz CT molecular complexity index is 752. The zero-order valence-corrected chi connectivity index (χ0v) is 12.1. The summed E-state index contributed by atoms with van der Waals surface area (Å²) in [5, 5.41) is 11.6. The van der Waals surface area contributed by atoms with Crippen LogP contribution in [0.15, 0.2) is 30.3 Å². The van der Waals surface area contributed by atoms with E-state index in [-0.39, 0.29) is 23.5 Å². The molecule has 0 fully saturated rings. The van der Waals surface area contributed by atoms with Crippen molar-refractivity contribution in [3.63, 3.8) is 0 Å². The van der Waals surface area contributed by atoms with Crippen LogP contribution in [0, 0.1) is 0 Å². The van der Waals surface area contributed by atoms with Gasteiger partial charge in [-0.25, -0.2) is 0 Å². The van der Waals surface area contributed by atoms with Gasteiger partial charge in [0.2, 0.25) is 0 Å². The molecule has 1 N–H and O–H groups in total. The van der Waals surface area contributed by atoms with Crippen LogP contribution in [0.3, 0.4) is 0 Å². The molecule has 0 aromatic heterocycles. The van der Waals surface area contributed by atoms with Crippen LogP contribution in [0.2, 0.25) is 0 Å². The molecule has 0 spiro atoms. The van der Waals surface area contributed by atoms with E-state index in [0.717, 1.165) is 11.1 Å². The third-order valence-electron chi connectivity index (χ3n) is 3.36. The zero-order valence-electron chi connectivity index (χ0n) is 11.3. The van der Waals surface area contributed by atoms with Crippen LogP contribution in [0.1, 0.15) is 21.5 Å². The molecule has 21 heavy (non-hydrogen) atoms. The Labute approximate surface area is 126 Å². The summed E-state index contributed by atoms with van der Waals surface area (Å²) in [6.07, 6.45) is 0.152. The van der Waals surface area contributed by atoms with Gasteiger partial charge in [0, 0.05) is 29.5 Å². The molecule has 0 saturated heterocycles. The maximum Gasteiger partial charge on any atom is 0.174 e. The lowest BCUT2D eigenvalue weighted by atomic mass is 10.0. The first kappa shape index (κ1) is 13.6. The number of Topliss-reactive ketones (excluding diaryl/α,β-unsaturated/α-hetero) is 1. The fourth-order valence-corrected chi connectivity index (χ4v) is 2.49. The van der Waals surface area contributed by atoms with E-state index in [9.17, 15) is 9.90 Å². The van der Waals surface area contributed by atoms with Crippen LogP contribution in [-0.4, -0.2) is 23.4 Å². The maximum absolute atomic E-state index is 12.4. The summed E-state index contributed by atoms with van der Waals surface area (Å²) in [7, 11) is 1.49. The molecule has 106 valence electrons. The van der Waals surface area contributed by atoms with Crippen molar-refractivity contribution in [2.75, 3.05) is 7.11 Å². The molecule has 1 aliphatic heterocycles. The lowest BCUT2D eigenvalue weighted by Gasteiger charge is -2.11. The molecule has 0 atom stereocenters. The Balaban J connectivity index is 2.16. The Kier molecular flexibility index (Phi) is 3.35. The van der Waals surface area contributed by atoms with Crippen LogP contribution < -0.4 is 9.47 Å². The Morgan fingerprint density at radius 1 is 1.29 bits per heavy atom. The minimum Gasteiger partial charge on any atom is -0.507 e. The Morgan fingerprint density at radius 2 is 2.10 bits per heavy atom. The summed E-state index contributed by atoms with van der Waals surface area (Å²) in [6.45, 7) is 0. The number of rotatable bonds is 2. The zero-order chi connectivity index (χ0) is 15.0. The molecule has 1 aliphatic rings. The number of methoxy groups -OCH3 is 1. The summed E-state index contributed by atoms with van der Waals surface area (Å²) < 4.78 is 10.9. The average molecular weight is 300 g/mol. The van der Waals surface area contributed by atoms with Crippen molar-refractivity contribution in [3.05, 3.63) is 47.0 Å². The summed E-state index contributed by atoms with van der Waals surface area (Å²) in [5.41, 5.74) is 1.76. The number of carbonyl (C=O) groups is 1. The summed E-state index contributed by atoms with van der Waals surface area (Å²) in [4.78, 5) is 12.4. The topological polar surface area (TPSA) is 55.8 Å². The molecule has 5 heteroatoms. The highest BCUT2D eigenvalue weighted by molar-refractivity contribution is 7.79. The van der Waals surface area contributed by atoms with Crippen molar-refractivity contribution in [2.45, 2.75) is 6.42 Å². The molecule has 3 rings (SSSR count). The number of phenols is 1. The number of ether oxygens (including phenoxy) is 2. The highest BCUT2D eigenvalue weighted by Gasteiger charge is 2.25. The third kappa shape index (κ3) is 2.36. The first-order chi connectivity index (χ1) is 10.1. The second-order valence-corrected chi connectivity index (χ2v) is 4.94. The normalized spacial score (nSPS) is 12.7. The van der Waals surface area contributed by atoms with Crippen molar-refractivity contribution >= 4 is 23.4 Å². The van der Waals surface area contributed by atoms with Gasteiger partial charge in [0.05, 0.1) is 7.11 Å². The lowest BCUT2D eigenvalue weighted by molar-refractivity contribution is 0.0991. The summed E-state index contributed by atoms with van der Waals surface area (Å²) in [5.74, 6) is 0.960. The molecule has 2 aromatic carbocycles. The molecule has 2 aromatic rings. The van der Waals surface area contributed by atoms with Gasteiger partial charge in [-0.2, -0.15) is 0 Å². The number of carbonyl (C=O) groups excluding carboxylic acids is 1. The SMILES string of the molecule is COc1cc(O)c2c(c1)Oc1ccc(C=S)cc1CC2=O. The van der Waals surface area contributed by atoms with Crippen LogP contribution in [-0.2, 0) is 6.42 Å². The second kappa shape index (κ2) is 5.18. The number of benzene rings is 2. The largest absolute Gasteiger partial charge is 0.507 e. The Morgan fingerprint density at radius 3 is 2.81 bits per heavy atom. The van der Waals surface area contributed by atoms with Gasteiger partial charge in [-0.05, 0) is 17.7 Å². The van der Waals surface area contributed by atoms with E-state index in [0.29, 0.717) is 17.2 Å². The van der Waals surface area contributed by atoms with E-state index >= 15 is 0 Å². The van der Waals surface area contributed by atoms with E-state index in [1.165, 1.54) is 13.2 Å². The van der Waals surface area contributed by atoms with Crippen molar-refractivity contribution in [3.8, 4) is 23.0 Å². The number of aromatic hydroxyl groups is 1. The number of thiocarbonyl (C=S) groups is 1. The molecule has 0 amide bonds. The van der Waals surface area contributed by atoms with Crippen molar-refractivity contribution in [1.29, 1.82) is 0 Å². The van der Waals surface area contributed by atoms with Gasteiger partial charge >= 0.3 is 0 Å².